The number of ether oxygens (including phenoxy) is 1. The van der Waals surface area contributed by atoms with Crippen molar-refractivity contribution in [3.8, 4) is 6.01 Å². The molecule has 0 bridgehead atoms. The number of aryl methyl sites for hydroxylation is 2. The van der Waals surface area contributed by atoms with Crippen LogP contribution in [0.1, 0.15) is 11.4 Å². The molecule has 124 valence electrons. The van der Waals surface area contributed by atoms with Gasteiger partial charge >= 0.3 is 6.01 Å². The average Bonchev–Trinajstić information content (AvgIpc) is 2.57. The number of nitrogens with zero attached hydrogens (tertiary/aromatic N) is 3. The molecule has 0 fully saturated rings. The number of fused-ring (bicyclic) bond motifs is 1. The predicted molar refractivity (Wildman–Crippen MR) is 90.6 cm³/mol. The molecular weight excluding hydrogens is 328 g/mol. The van der Waals surface area contributed by atoms with E-state index in [2.05, 4.69) is 19.7 Å². The Labute approximate surface area is 139 Å². The maximum absolute atomic E-state index is 12.8. The zero-order valence-corrected chi connectivity index (χ0v) is 14.3. The first-order valence-electron chi connectivity index (χ1n) is 7.18. The van der Waals surface area contributed by atoms with Crippen LogP contribution in [0, 0.1) is 13.8 Å². The minimum absolute atomic E-state index is 0.107. The van der Waals surface area contributed by atoms with Gasteiger partial charge < -0.3 is 4.74 Å². The van der Waals surface area contributed by atoms with Crippen LogP contribution in [0.3, 0.4) is 0 Å². The van der Waals surface area contributed by atoms with Gasteiger partial charge in [-0.15, -0.1) is 0 Å². The molecule has 1 N–H and O–H groups in total. The van der Waals surface area contributed by atoms with Crippen LogP contribution < -0.4 is 9.46 Å². The molecule has 0 amide bonds. The van der Waals surface area contributed by atoms with Crippen LogP contribution in [0.15, 0.2) is 41.4 Å². The largest absolute Gasteiger partial charge is 0.467 e. The van der Waals surface area contributed by atoms with Crippen molar-refractivity contribution in [3.05, 3.63) is 47.9 Å². The first-order valence-corrected chi connectivity index (χ1v) is 8.66. The Bertz CT molecular complexity index is 991. The van der Waals surface area contributed by atoms with Gasteiger partial charge in [-0.05, 0) is 26.0 Å². The van der Waals surface area contributed by atoms with Crippen molar-refractivity contribution in [1.82, 2.24) is 15.0 Å². The van der Waals surface area contributed by atoms with E-state index in [0.717, 1.165) is 5.39 Å². The molecule has 0 spiro atoms. The zero-order valence-electron chi connectivity index (χ0n) is 13.4. The van der Waals surface area contributed by atoms with E-state index in [4.69, 9.17) is 4.74 Å². The second kappa shape index (κ2) is 6.04. The smallest absolute Gasteiger partial charge is 0.316 e. The molecule has 24 heavy (non-hydrogen) atoms. The van der Waals surface area contributed by atoms with Gasteiger partial charge in [0.15, 0.2) is 0 Å². The van der Waals surface area contributed by atoms with Gasteiger partial charge in [0.25, 0.3) is 10.0 Å². The number of rotatable bonds is 4. The molecule has 0 aliphatic carbocycles. The summed E-state index contributed by atoms with van der Waals surface area (Å²) in [6.07, 6.45) is 1.56. The maximum atomic E-state index is 12.8. The summed E-state index contributed by atoms with van der Waals surface area (Å²) >= 11 is 0. The summed E-state index contributed by atoms with van der Waals surface area (Å²) in [6, 6.07) is 8.79. The lowest BCUT2D eigenvalue weighted by atomic mass is 10.2. The van der Waals surface area contributed by atoms with E-state index < -0.39 is 10.0 Å². The number of hydrogen-bond donors (Lipinski definition) is 1. The summed E-state index contributed by atoms with van der Waals surface area (Å²) in [6.45, 7) is 3.38. The van der Waals surface area contributed by atoms with Gasteiger partial charge in [0.05, 0.1) is 29.7 Å². The van der Waals surface area contributed by atoms with Crippen molar-refractivity contribution in [2.75, 3.05) is 11.8 Å². The summed E-state index contributed by atoms with van der Waals surface area (Å²) in [4.78, 5) is 12.5. The standard InChI is InChI=1S/C16H16N4O3S/c1-10-14(11(2)19-16(18-10)23-3)20-24(21,22)13-8-4-6-12-7-5-9-17-15(12)13/h4-9,20H,1-3H3. The number of pyridine rings is 1. The van der Waals surface area contributed by atoms with Crippen LogP contribution in [0.25, 0.3) is 10.9 Å². The van der Waals surface area contributed by atoms with Gasteiger partial charge in [0, 0.05) is 11.6 Å². The highest BCUT2D eigenvalue weighted by molar-refractivity contribution is 7.93. The van der Waals surface area contributed by atoms with Crippen molar-refractivity contribution in [2.24, 2.45) is 0 Å². The van der Waals surface area contributed by atoms with Gasteiger partial charge in [0.1, 0.15) is 4.90 Å². The summed E-state index contributed by atoms with van der Waals surface area (Å²) in [5.74, 6) is 0. The predicted octanol–water partition coefficient (Wildman–Crippen LogP) is 2.45. The Balaban J connectivity index is 2.09. The number of methoxy groups -OCH3 is 1. The highest BCUT2D eigenvalue weighted by Gasteiger charge is 2.21. The number of benzene rings is 1. The molecule has 0 aliphatic heterocycles. The van der Waals surface area contributed by atoms with Crippen LogP contribution in [-0.4, -0.2) is 30.5 Å². The normalized spacial score (nSPS) is 11.5. The van der Waals surface area contributed by atoms with Crippen molar-refractivity contribution in [1.29, 1.82) is 0 Å². The lowest BCUT2D eigenvalue weighted by Gasteiger charge is -2.14. The van der Waals surface area contributed by atoms with E-state index in [1.165, 1.54) is 13.2 Å². The molecule has 3 rings (SSSR count). The number of hydrogen-bond acceptors (Lipinski definition) is 6. The fourth-order valence-corrected chi connectivity index (χ4v) is 3.76. The zero-order chi connectivity index (χ0) is 17.3. The lowest BCUT2D eigenvalue weighted by molar-refractivity contribution is 0.378. The molecule has 8 heteroatoms. The SMILES string of the molecule is COc1nc(C)c(NS(=O)(=O)c2cccc3cccnc23)c(C)n1. The van der Waals surface area contributed by atoms with Crippen molar-refractivity contribution in [2.45, 2.75) is 18.7 Å². The molecule has 0 atom stereocenters. The fraction of sp³-hybridized carbons (Fsp3) is 0.188. The Morgan fingerprint density at radius 1 is 1.04 bits per heavy atom. The van der Waals surface area contributed by atoms with E-state index in [9.17, 15) is 8.42 Å². The molecule has 2 aromatic heterocycles. The molecule has 0 saturated heterocycles. The molecule has 1 aromatic carbocycles. The van der Waals surface area contributed by atoms with Crippen molar-refractivity contribution < 1.29 is 13.2 Å². The molecule has 3 aromatic rings. The summed E-state index contributed by atoms with van der Waals surface area (Å²) < 4.78 is 33.2. The first kappa shape index (κ1) is 16.1. The van der Waals surface area contributed by atoms with Gasteiger partial charge in [-0.1, -0.05) is 18.2 Å². The number of para-hydroxylation sites is 1. The third-order valence-corrected chi connectivity index (χ3v) is 4.94. The minimum atomic E-state index is -3.84. The van der Waals surface area contributed by atoms with Crippen LogP contribution in [0.5, 0.6) is 6.01 Å². The molecule has 0 unspecified atom stereocenters. The van der Waals surface area contributed by atoms with Gasteiger partial charge in [-0.2, -0.15) is 9.97 Å². The minimum Gasteiger partial charge on any atom is -0.467 e. The van der Waals surface area contributed by atoms with Crippen LogP contribution in [0.2, 0.25) is 0 Å². The van der Waals surface area contributed by atoms with Crippen molar-refractivity contribution >= 4 is 26.6 Å². The maximum Gasteiger partial charge on any atom is 0.316 e. The van der Waals surface area contributed by atoms with Gasteiger partial charge in [0.2, 0.25) is 0 Å². The third kappa shape index (κ3) is 2.88. The monoisotopic (exact) mass is 344 g/mol. The van der Waals surface area contributed by atoms with E-state index in [1.54, 1.807) is 32.2 Å². The highest BCUT2D eigenvalue weighted by atomic mass is 32.2. The van der Waals surface area contributed by atoms with Gasteiger partial charge in [-0.3, -0.25) is 9.71 Å². The fourth-order valence-electron chi connectivity index (χ4n) is 2.41. The van der Waals surface area contributed by atoms with Gasteiger partial charge in [-0.25, -0.2) is 8.42 Å². The van der Waals surface area contributed by atoms with E-state index >= 15 is 0 Å². The molecule has 0 radical (unpaired) electrons. The highest BCUT2D eigenvalue weighted by Crippen LogP contribution is 2.26. The topological polar surface area (TPSA) is 94.1 Å². The Hall–Kier alpha value is -2.74. The van der Waals surface area contributed by atoms with Crippen molar-refractivity contribution in [3.63, 3.8) is 0 Å². The summed E-state index contributed by atoms with van der Waals surface area (Å²) in [5, 5.41) is 0.750. The Morgan fingerprint density at radius 2 is 1.71 bits per heavy atom. The number of sulfonamides is 1. The van der Waals surface area contributed by atoms with E-state index in [-0.39, 0.29) is 10.9 Å². The molecule has 0 saturated carbocycles. The van der Waals surface area contributed by atoms with E-state index in [0.29, 0.717) is 22.6 Å². The molecular formula is C16H16N4O3S. The lowest BCUT2D eigenvalue weighted by Crippen LogP contribution is -2.16. The third-order valence-electron chi connectivity index (χ3n) is 3.55. The number of aromatic nitrogens is 3. The second-order valence-electron chi connectivity index (χ2n) is 5.19. The van der Waals surface area contributed by atoms with Crippen LogP contribution in [0.4, 0.5) is 5.69 Å². The Kier molecular flexibility index (Phi) is 4.06. The molecule has 2 heterocycles. The number of nitrogens with one attached hydrogen (secondary N) is 1. The summed E-state index contributed by atoms with van der Waals surface area (Å²) in [5.41, 5.74) is 1.72. The summed E-state index contributed by atoms with van der Waals surface area (Å²) in [7, 11) is -2.38. The average molecular weight is 344 g/mol. The molecule has 7 nitrogen and oxygen atoms in total. The molecule has 0 aliphatic rings. The Morgan fingerprint density at radius 3 is 2.38 bits per heavy atom. The van der Waals surface area contributed by atoms with Crippen LogP contribution in [-0.2, 0) is 10.0 Å². The second-order valence-corrected chi connectivity index (χ2v) is 6.84. The van der Waals surface area contributed by atoms with E-state index in [1.807, 2.05) is 12.1 Å². The first-order chi connectivity index (χ1) is 11.4. The van der Waals surface area contributed by atoms with Crippen LogP contribution >= 0.6 is 0 Å². The quantitative estimate of drug-likeness (QED) is 0.781. The number of anilines is 1.